The summed E-state index contributed by atoms with van der Waals surface area (Å²) < 4.78 is 6.20. The van der Waals surface area contributed by atoms with Crippen molar-refractivity contribution in [1.82, 2.24) is 10.2 Å². The number of benzene rings is 2. The van der Waals surface area contributed by atoms with Crippen LogP contribution in [0.15, 0.2) is 56.1 Å². The molecule has 0 spiro atoms. The maximum atomic E-state index is 13.2. The minimum absolute atomic E-state index is 0.0150. The molecule has 0 radical (unpaired) electrons. The number of hydrogen-bond acceptors (Lipinski definition) is 4. The first-order valence-corrected chi connectivity index (χ1v) is 9.93. The third-order valence-corrected chi connectivity index (χ3v) is 6.02. The van der Waals surface area contributed by atoms with Crippen LogP contribution in [-0.4, -0.2) is 16.8 Å². The monoisotopic (exact) mass is 454 g/mol. The molecule has 1 fully saturated rings. The summed E-state index contributed by atoms with van der Waals surface area (Å²) in [6, 6.07) is 11.9. The topological polar surface area (TPSA) is 79.6 Å². The van der Waals surface area contributed by atoms with Gasteiger partial charge in [0.05, 0.1) is 6.54 Å². The number of amides is 3. The maximum absolute atomic E-state index is 13.2. The first kappa shape index (κ1) is 19.4. The van der Waals surface area contributed by atoms with Crippen LogP contribution in [0.4, 0.5) is 4.79 Å². The van der Waals surface area contributed by atoms with Crippen LogP contribution in [0.5, 0.6) is 0 Å². The molecule has 29 heavy (non-hydrogen) atoms. The van der Waals surface area contributed by atoms with Gasteiger partial charge >= 0.3 is 11.7 Å². The van der Waals surface area contributed by atoms with Crippen molar-refractivity contribution in [2.45, 2.75) is 32.9 Å². The lowest BCUT2D eigenvalue weighted by Gasteiger charge is -2.22. The second-order valence-electron chi connectivity index (χ2n) is 7.43. The molecular weight excluding hydrogens is 436 g/mol. The molecule has 3 amide bonds. The molecule has 1 N–H and O–H groups in total. The Bertz CT molecular complexity index is 1230. The van der Waals surface area contributed by atoms with Crippen molar-refractivity contribution in [3.05, 3.63) is 79.6 Å². The number of carbonyl (C=O) groups is 2. The highest BCUT2D eigenvalue weighted by molar-refractivity contribution is 9.10. The summed E-state index contributed by atoms with van der Waals surface area (Å²) in [7, 11) is 0. The maximum Gasteiger partial charge on any atom is 0.336 e. The quantitative estimate of drug-likeness (QED) is 0.476. The molecule has 3 aromatic rings. The van der Waals surface area contributed by atoms with Gasteiger partial charge in [-0.15, -0.1) is 0 Å². The largest absolute Gasteiger partial charge is 0.422 e. The van der Waals surface area contributed by atoms with E-state index in [9.17, 15) is 14.4 Å². The average molecular weight is 455 g/mol. The predicted molar refractivity (Wildman–Crippen MR) is 113 cm³/mol. The van der Waals surface area contributed by atoms with Gasteiger partial charge in [-0.2, -0.15) is 0 Å². The van der Waals surface area contributed by atoms with Crippen LogP contribution in [-0.2, 0) is 16.9 Å². The molecule has 6 nitrogen and oxygen atoms in total. The number of nitrogens with one attached hydrogen (secondary N) is 1. The van der Waals surface area contributed by atoms with E-state index in [0.29, 0.717) is 22.1 Å². The van der Waals surface area contributed by atoms with Gasteiger partial charge in [0.2, 0.25) is 0 Å². The molecule has 0 bridgehead atoms. The lowest BCUT2D eigenvalue weighted by Crippen LogP contribution is -2.40. The summed E-state index contributed by atoms with van der Waals surface area (Å²) in [5.41, 5.74) is 1.89. The Morgan fingerprint density at radius 3 is 2.59 bits per heavy atom. The van der Waals surface area contributed by atoms with Crippen molar-refractivity contribution in [1.29, 1.82) is 0 Å². The minimum Gasteiger partial charge on any atom is -0.422 e. The number of imide groups is 1. The highest BCUT2D eigenvalue weighted by atomic mass is 79.9. The summed E-state index contributed by atoms with van der Waals surface area (Å²) in [6.45, 7) is 5.48. The summed E-state index contributed by atoms with van der Waals surface area (Å²) >= 11 is 3.40. The molecule has 1 saturated heterocycles. The van der Waals surface area contributed by atoms with E-state index in [1.165, 1.54) is 6.07 Å². The fourth-order valence-corrected chi connectivity index (χ4v) is 4.06. The molecule has 4 rings (SSSR count). The van der Waals surface area contributed by atoms with Gasteiger partial charge in [0.1, 0.15) is 11.1 Å². The number of urea groups is 1. The van der Waals surface area contributed by atoms with Crippen LogP contribution < -0.4 is 10.9 Å². The molecule has 2 aromatic carbocycles. The van der Waals surface area contributed by atoms with Crippen LogP contribution in [0.1, 0.15) is 29.2 Å². The Balaban J connectivity index is 1.76. The average Bonchev–Trinajstić information content (AvgIpc) is 2.89. The van der Waals surface area contributed by atoms with Crippen LogP contribution in [0.2, 0.25) is 0 Å². The van der Waals surface area contributed by atoms with Crippen LogP contribution in [0.25, 0.3) is 11.0 Å². The van der Waals surface area contributed by atoms with Gasteiger partial charge in [-0.1, -0.05) is 40.2 Å². The molecule has 0 aliphatic carbocycles. The number of nitrogens with zero attached hydrogens (tertiary/aromatic N) is 1. The lowest BCUT2D eigenvalue weighted by molar-refractivity contribution is -0.131. The van der Waals surface area contributed by atoms with Crippen LogP contribution in [0, 0.1) is 13.8 Å². The van der Waals surface area contributed by atoms with Crippen LogP contribution >= 0.6 is 15.9 Å². The fourth-order valence-electron chi connectivity index (χ4n) is 3.66. The highest BCUT2D eigenvalue weighted by Crippen LogP contribution is 2.32. The predicted octanol–water partition coefficient (Wildman–Crippen LogP) is 4.14. The second kappa shape index (κ2) is 6.84. The van der Waals surface area contributed by atoms with E-state index >= 15 is 0 Å². The van der Waals surface area contributed by atoms with Gasteiger partial charge < -0.3 is 9.73 Å². The van der Waals surface area contributed by atoms with E-state index in [1.54, 1.807) is 19.1 Å². The van der Waals surface area contributed by atoms with Gasteiger partial charge in [-0.05, 0) is 55.2 Å². The molecular formula is C22H19BrN2O4. The number of halogens is 1. The molecule has 1 unspecified atom stereocenters. The molecule has 1 aliphatic heterocycles. The standard InChI is InChI=1S/C22H19BrN2O4/c1-12-7-8-17-14(9-18(26)29-19(17)13(12)2)11-25-20(27)22(3,24-21(25)28)15-5-4-6-16(23)10-15/h4-10H,11H2,1-3H3,(H,24,28). The van der Waals surface area contributed by atoms with Crippen molar-refractivity contribution in [2.75, 3.05) is 0 Å². The number of fused-ring (bicyclic) bond motifs is 1. The van der Waals surface area contributed by atoms with Gasteiger partial charge in [0.25, 0.3) is 5.91 Å². The minimum atomic E-state index is -1.18. The van der Waals surface area contributed by atoms with E-state index in [-0.39, 0.29) is 12.5 Å². The Morgan fingerprint density at radius 2 is 1.86 bits per heavy atom. The summed E-state index contributed by atoms with van der Waals surface area (Å²) in [6.07, 6.45) is 0. The Hall–Kier alpha value is -2.93. The van der Waals surface area contributed by atoms with Gasteiger partial charge in [-0.3, -0.25) is 9.69 Å². The van der Waals surface area contributed by atoms with Crippen molar-refractivity contribution in [2.24, 2.45) is 0 Å². The normalized spacial score (nSPS) is 19.1. The fraction of sp³-hybridized carbons (Fsp3) is 0.227. The van der Waals surface area contributed by atoms with E-state index in [2.05, 4.69) is 21.2 Å². The van der Waals surface area contributed by atoms with Gasteiger partial charge in [0.15, 0.2) is 0 Å². The zero-order valence-corrected chi connectivity index (χ0v) is 17.8. The SMILES string of the molecule is Cc1ccc2c(CN3C(=O)NC(C)(c4cccc(Br)c4)C3=O)cc(=O)oc2c1C. The zero-order chi connectivity index (χ0) is 20.9. The van der Waals surface area contributed by atoms with Gasteiger partial charge in [0, 0.05) is 15.9 Å². The number of aryl methyl sites for hydroxylation is 2. The van der Waals surface area contributed by atoms with Crippen molar-refractivity contribution >= 4 is 38.8 Å². The zero-order valence-electron chi connectivity index (χ0n) is 16.2. The van der Waals surface area contributed by atoms with Crippen LogP contribution in [0.3, 0.4) is 0 Å². The number of rotatable bonds is 3. The first-order chi connectivity index (χ1) is 13.7. The van der Waals surface area contributed by atoms with E-state index < -0.39 is 17.2 Å². The van der Waals surface area contributed by atoms with Crippen molar-refractivity contribution in [3.63, 3.8) is 0 Å². The molecule has 0 saturated carbocycles. The molecule has 148 valence electrons. The Morgan fingerprint density at radius 1 is 1.10 bits per heavy atom. The third kappa shape index (κ3) is 3.15. The third-order valence-electron chi connectivity index (χ3n) is 5.52. The van der Waals surface area contributed by atoms with E-state index in [4.69, 9.17) is 4.42 Å². The van der Waals surface area contributed by atoms with Gasteiger partial charge in [-0.25, -0.2) is 9.59 Å². The summed E-state index contributed by atoms with van der Waals surface area (Å²) in [5.74, 6) is -0.370. The summed E-state index contributed by atoms with van der Waals surface area (Å²) in [5, 5.41) is 3.50. The first-order valence-electron chi connectivity index (χ1n) is 9.14. The van der Waals surface area contributed by atoms with Crippen molar-refractivity contribution in [3.8, 4) is 0 Å². The van der Waals surface area contributed by atoms with E-state index in [0.717, 1.165) is 20.5 Å². The highest BCUT2D eigenvalue weighted by Gasteiger charge is 2.49. The molecule has 1 atom stereocenters. The number of carbonyl (C=O) groups excluding carboxylic acids is 2. The Kier molecular flexibility index (Phi) is 4.58. The second-order valence-corrected chi connectivity index (χ2v) is 8.35. The smallest absolute Gasteiger partial charge is 0.336 e. The van der Waals surface area contributed by atoms with E-state index in [1.807, 2.05) is 38.1 Å². The molecule has 2 heterocycles. The number of hydrogen-bond donors (Lipinski definition) is 1. The molecule has 1 aliphatic rings. The molecule has 1 aromatic heterocycles. The Labute approximate surface area is 175 Å². The van der Waals surface area contributed by atoms with Crippen molar-refractivity contribution < 1.29 is 14.0 Å². The molecule has 7 heteroatoms. The lowest BCUT2D eigenvalue weighted by atomic mass is 9.92. The summed E-state index contributed by atoms with van der Waals surface area (Å²) in [4.78, 5) is 39.2.